The quantitative estimate of drug-likeness (QED) is 0.212. The summed E-state index contributed by atoms with van der Waals surface area (Å²) in [5, 5.41) is 4.23. The summed E-state index contributed by atoms with van der Waals surface area (Å²) in [5.41, 5.74) is 4.40. The molecule has 0 fully saturated rings. The van der Waals surface area contributed by atoms with Crippen LogP contribution in [0.3, 0.4) is 0 Å². The average molecular weight is 467 g/mol. The molecule has 0 spiro atoms. The van der Waals surface area contributed by atoms with Gasteiger partial charge in [-0.3, -0.25) is 4.79 Å². The van der Waals surface area contributed by atoms with E-state index in [9.17, 15) is 9.59 Å². The summed E-state index contributed by atoms with van der Waals surface area (Å²) in [5.74, 6) is 0.208. The molecule has 33 heavy (non-hydrogen) atoms. The van der Waals surface area contributed by atoms with Crippen molar-refractivity contribution < 1.29 is 23.8 Å². The van der Waals surface area contributed by atoms with Gasteiger partial charge in [-0.1, -0.05) is 41.4 Å². The Bertz CT molecular complexity index is 1150. The molecule has 3 aromatic rings. The maximum Gasteiger partial charge on any atom is 0.345 e. The summed E-state index contributed by atoms with van der Waals surface area (Å²) in [6.45, 7) is 3.98. The predicted molar refractivity (Wildman–Crippen MR) is 126 cm³/mol. The number of benzene rings is 3. The number of rotatable bonds is 9. The molecule has 0 unspecified atom stereocenters. The molecule has 0 atom stereocenters. The van der Waals surface area contributed by atoms with E-state index < -0.39 is 11.9 Å². The Kier molecular flexibility index (Phi) is 8.43. The number of amides is 1. The summed E-state index contributed by atoms with van der Waals surface area (Å²) < 4.78 is 16.5. The van der Waals surface area contributed by atoms with Gasteiger partial charge in [0.15, 0.2) is 18.1 Å². The topological polar surface area (TPSA) is 86.2 Å². The summed E-state index contributed by atoms with van der Waals surface area (Å²) in [4.78, 5) is 24.4. The monoisotopic (exact) mass is 466 g/mol. The minimum atomic E-state index is -0.594. The lowest BCUT2D eigenvalue weighted by atomic mass is 10.2. The molecule has 0 aromatic heterocycles. The van der Waals surface area contributed by atoms with E-state index in [1.54, 1.807) is 54.6 Å². The third-order valence-corrected chi connectivity index (χ3v) is 4.69. The standard InChI is InChI=1S/C25H23ClN2O5/c1-3-31-23-14-18(10-13-22(23)33-25(30)20-6-4-5-7-21(20)26)15-27-28-24(29)16-32-19-11-8-17(2)9-12-19/h4-15H,3,16H2,1-2H3,(H,28,29). The molecule has 3 rings (SSSR count). The number of esters is 1. The highest BCUT2D eigenvalue weighted by atomic mass is 35.5. The normalized spacial score (nSPS) is 10.6. The molecule has 1 N–H and O–H groups in total. The van der Waals surface area contributed by atoms with Gasteiger partial charge in [-0.05, 0) is 61.9 Å². The molecule has 0 bridgehead atoms. The van der Waals surface area contributed by atoms with Gasteiger partial charge in [0.05, 0.1) is 23.4 Å². The minimum absolute atomic E-state index is 0.165. The molecular weight excluding hydrogens is 444 g/mol. The molecule has 0 saturated carbocycles. The molecule has 0 aliphatic carbocycles. The lowest BCUT2D eigenvalue weighted by Crippen LogP contribution is -2.24. The predicted octanol–water partition coefficient (Wildman–Crippen LogP) is 4.80. The van der Waals surface area contributed by atoms with E-state index >= 15 is 0 Å². The van der Waals surface area contributed by atoms with E-state index in [4.69, 9.17) is 25.8 Å². The third kappa shape index (κ3) is 7.08. The Morgan fingerprint density at radius 3 is 2.48 bits per heavy atom. The molecule has 7 nitrogen and oxygen atoms in total. The molecular formula is C25H23ClN2O5. The van der Waals surface area contributed by atoms with E-state index in [0.717, 1.165) is 5.56 Å². The molecule has 0 aliphatic heterocycles. The van der Waals surface area contributed by atoms with Crippen LogP contribution in [0.2, 0.25) is 5.02 Å². The molecule has 8 heteroatoms. The Morgan fingerprint density at radius 2 is 1.76 bits per heavy atom. The van der Waals surface area contributed by atoms with Crippen LogP contribution in [0.15, 0.2) is 71.8 Å². The smallest absolute Gasteiger partial charge is 0.345 e. The van der Waals surface area contributed by atoms with Crippen molar-refractivity contribution in [1.29, 1.82) is 0 Å². The molecule has 3 aromatic carbocycles. The van der Waals surface area contributed by atoms with Crippen molar-refractivity contribution in [2.24, 2.45) is 5.10 Å². The van der Waals surface area contributed by atoms with Crippen molar-refractivity contribution in [2.75, 3.05) is 13.2 Å². The van der Waals surface area contributed by atoms with Crippen molar-refractivity contribution in [1.82, 2.24) is 5.43 Å². The minimum Gasteiger partial charge on any atom is -0.490 e. The third-order valence-electron chi connectivity index (χ3n) is 4.36. The van der Waals surface area contributed by atoms with Crippen LogP contribution in [-0.2, 0) is 4.79 Å². The number of hydrogen-bond donors (Lipinski definition) is 1. The Hall–Kier alpha value is -3.84. The highest BCUT2D eigenvalue weighted by Gasteiger charge is 2.15. The number of carbonyl (C=O) groups is 2. The number of carbonyl (C=O) groups excluding carboxylic acids is 2. The Labute approximate surface area is 196 Å². The number of nitrogens with zero attached hydrogens (tertiary/aromatic N) is 1. The van der Waals surface area contributed by atoms with E-state index in [0.29, 0.717) is 28.7 Å². The number of aryl methyl sites for hydroxylation is 1. The second-order valence-electron chi connectivity index (χ2n) is 6.90. The SMILES string of the molecule is CCOc1cc(C=NNC(=O)COc2ccc(C)cc2)ccc1OC(=O)c1ccccc1Cl. The van der Waals surface area contributed by atoms with Crippen LogP contribution in [0.4, 0.5) is 0 Å². The summed E-state index contributed by atoms with van der Waals surface area (Å²) in [6, 6.07) is 18.9. The number of nitrogens with one attached hydrogen (secondary N) is 1. The largest absolute Gasteiger partial charge is 0.490 e. The lowest BCUT2D eigenvalue weighted by Gasteiger charge is -2.12. The van der Waals surface area contributed by atoms with Gasteiger partial charge >= 0.3 is 5.97 Å². The van der Waals surface area contributed by atoms with Crippen LogP contribution in [-0.4, -0.2) is 31.3 Å². The number of hydrogen-bond acceptors (Lipinski definition) is 6. The second-order valence-corrected chi connectivity index (χ2v) is 7.31. The van der Waals surface area contributed by atoms with Crippen LogP contribution in [0.1, 0.15) is 28.4 Å². The lowest BCUT2D eigenvalue weighted by molar-refractivity contribution is -0.123. The van der Waals surface area contributed by atoms with Crippen molar-refractivity contribution in [3.05, 3.63) is 88.4 Å². The fraction of sp³-hybridized carbons (Fsp3) is 0.160. The highest BCUT2D eigenvalue weighted by molar-refractivity contribution is 6.33. The van der Waals surface area contributed by atoms with Crippen LogP contribution in [0.25, 0.3) is 0 Å². The summed E-state index contributed by atoms with van der Waals surface area (Å²) >= 11 is 6.06. The van der Waals surface area contributed by atoms with Crippen LogP contribution in [0.5, 0.6) is 17.2 Å². The maximum absolute atomic E-state index is 12.5. The Morgan fingerprint density at radius 1 is 1.00 bits per heavy atom. The van der Waals surface area contributed by atoms with Gasteiger partial charge in [-0.25, -0.2) is 10.2 Å². The van der Waals surface area contributed by atoms with E-state index in [1.165, 1.54) is 6.21 Å². The first kappa shape index (κ1) is 23.8. The van der Waals surface area contributed by atoms with Crippen LogP contribution >= 0.6 is 11.6 Å². The molecule has 0 heterocycles. The van der Waals surface area contributed by atoms with Crippen LogP contribution in [0, 0.1) is 6.92 Å². The fourth-order valence-electron chi connectivity index (χ4n) is 2.73. The van der Waals surface area contributed by atoms with Crippen LogP contribution < -0.4 is 19.6 Å². The first-order valence-corrected chi connectivity index (χ1v) is 10.6. The summed E-state index contributed by atoms with van der Waals surface area (Å²) in [7, 11) is 0. The van der Waals surface area contributed by atoms with E-state index in [2.05, 4.69) is 10.5 Å². The second kappa shape index (κ2) is 11.7. The first-order chi connectivity index (χ1) is 16.0. The van der Waals surface area contributed by atoms with Crippen molar-refractivity contribution in [3.8, 4) is 17.2 Å². The number of hydrazone groups is 1. The van der Waals surface area contributed by atoms with E-state index in [1.807, 2.05) is 26.0 Å². The zero-order valence-corrected chi connectivity index (χ0v) is 19.0. The fourth-order valence-corrected chi connectivity index (χ4v) is 2.95. The zero-order chi connectivity index (χ0) is 23.6. The molecule has 1 amide bonds. The van der Waals surface area contributed by atoms with Gasteiger partial charge in [-0.2, -0.15) is 5.10 Å². The maximum atomic E-state index is 12.5. The average Bonchev–Trinajstić information content (AvgIpc) is 2.80. The number of ether oxygens (including phenoxy) is 3. The summed E-state index contributed by atoms with van der Waals surface area (Å²) in [6.07, 6.45) is 1.45. The highest BCUT2D eigenvalue weighted by Crippen LogP contribution is 2.29. The van der Waals surface area contributed by atoms with Crippen molar-refractivity contribution in [3.63, 3.8) is 0 Å². The van der Waals surface area contributed by atoms with Gasteiger partial charge < -0.3 is 14.2 Å². The van der Waals surface area contributed by atoms with Crippen molar-refractivity contribution in [2.45, 2.75) is 13.8 Å². The first-order valence-electron chi connectivity index (χ1n) is 10.2. The number of halogens is 1. The van der Waals surface area contributed by atoms with Gasteiger partial charge in [0.25, 0.3) is 5.91 Å². The molecule has 170 valence electrons. The van der Waals surface area contributed by atoms with Gasteiger partial charge in [0.2, 0.25) is 0 Å². The van der Waals surface area contributed by atoms with Gasteiger partial charge in [0, 0.05) is 0 Å². The Balaban J connectivity index is 1.60. The van der Waals surface area contributed by atoms with Gasteiger partial charge in [-0.15, -0.1) is 0 Å². The van der Waals surface area contributed by atoms with E-state index in [-0.39, 0.29) is 17.9 Å². The molecule has 0 radical (unpaired) electrons. The zero-order valence-electron chi connectivity index (χ0n) is 18.2. The molecule has 0 aliphatic rings. The van der Waals surface area contributed by atoms with Crippen molar-refractivity contribution >= 4 is 29.7 Å². The molecule has 0 saturated heterocycles. The van der Waals surface area contributed by atoms with Gasteiger partial charge in [0.1, 0.15) is 5.75 Å².